The largest absolute Gasteiger partial charge is 0.497 e. The predicted octanol–water partition coefficient (Wildman–Crippen LogP) is 3.45. The molecule has 2 amide bonds. The number of hydrogen-bond acceptors (Lipinski definition) is 4. The molecule has 0 aliphatic carbocycles. The molecule has 0 saturated carbocycles. The first kappa shape index (κ1) is 15.9. The number of primary amides is 1. The number of nitrogens with one attached hydrogen (secondary N) is 1. The normalized spacial score (nSPS) is 10.6. The van der Waals surface area contributed by atoms with Gasteiger partial charge in [-0.1, -0.05) is 17.7 Å². The fraction of sp³-hybridized carbons (Fsp3) is 0.0588. The summed E-state index contributed by atoms with van der Waals surface area (Å²) in [6.07, 6.45) is 0. The Morgan fingerprint density at radius 1 is 1.21 bits per heavy atom. The zero-order valence-corrected chi connectivity index (χ0v) is 13.4. The average Bonchev–Trinajstić information content (AvgIpc) is 2.92. The van der Waals surface area contributed by atoms with E-state index in [4.69, 9.17) is 26.5 Å². The summed E-state index contributed by atoms with van der Waals surface area (Å²) >= 11 is 5.89. The number of rotatable bonds is 4. The van der Waals surface area contributed by atoms with Crippen LogP contribution in [0.15, 0.2) is 46.9 Å². The van der Waals surface area contributed by atoms with Crippen LogP contribution in [0.1, 0.15) is 20.9 Å². The average molecular weight is 345 g/mol. The molecule has 7 heteroatoms. The summed E-state index contributed by atoms with van der Waals surface area (Å²) in [5.74, 6) is -0.793. The van der Waals surface area contributed by atoms with E-state index < -0.39 is 11.8 Å². The zero-order chi connectivity index (χ0) is 17.3. The maximum absolute atomic E-state index is 12.4. The second-order valence-corrected chi connectivity index (χ2v) is 5.43. The van der Waals surface area contributed by atoms with Crippen LogP contribution in [0.4, 0.5) is 5.69 Å². The number of carbonyl (C=O) groups excluding carboxylic acids is 2. The first-order chi connectivity index (χ1) is 11.5. The summed E-state index contributed by atoms with van der Waals surface area (Å²) in [7, 11) is 1.51. The van der Waals surface area contributed by atoms with E-state index in [1.165, 1.54) is 13.2 Å². The van der Waals surface area contributed by atoms with E-state index in [-0.39, 0.29) is 11.4 Å². The van der Waals surface area contributed by atoms with Gasteiger partial charge < -0.3 is 20.2 Å². The lowest BCUT2D eigenvalue weighted by Crippen LogP contribution is -2.17. The Labute approximate surface area is 142 Å². The topological polar surface area (TPSA) is 94.6 Å². The predicted molar refractivity (Wildman–Crippen MR) is 90.7 cm³/mol. The van der Waals surface area contributed by atoms with Gasteiger partial charge in [0.05, 0.1) is 7.11 Å². The quantitative estimate of drug-likeness (QED) is 0.757. The highest BCUT2D eigenvalue weighted by Crippen LogP contribution is 2.33. The number of hydrogen-bond donors (Lipinski definition) is 2. The molecule has 1 aromatic heterocycles. The van der Waals surface area contributed by atoms with Crippen LogP contribution in [-0.4, -0.2) is 18.9 Å². The van der Waals surface area contributed by atoms with Crippen LogP contribution < -0.4 is 15.8 Å². The third-order valence-electron chi connectivity index (χ3n) is 3.45. The first-order valence-electron chi connectivity index (χ1n) is 6.97. The molecule has 0 aliphatic rings. The van der Waals surface area contributed by atoms with Crippen LogP contribution in [0, 0.1) is 0 Å². The number of ether oxygens (including phenoxy) is 1. The highest BCUT2D eigenvalue weighted by atomic mass is 35.5. The third kappa shape index (κ3) is 2.91. The molecule has 0 bridgehead atoms. The summed E-state index contributed by atoms with van der Waals surface area (Å²) < 4.78 is 10.6. The number of halogens is 1. The monoisotopic (exact) mass is 344 g/mol. The van der Waals surface area contributed by atoms with Crippen molar-refractivity contribution in [2.45, 2.75) is 0 Å². The molecule has 122 valence electrons. The van der Waals surface area contributed by atoms with Crippen LogP contribution in [-0.2, 0) is 0 Å². The Bertz CT molecular complexity index is 949. The minimum absolute atomic E-state index is 0.131. The third-order valence-corrected chi connectivity index (χ3v) is 3.68. The van der Waals surface area contributed by atoms with Crippen LogP contribution in [0.25, 0.3) is 11.0 Å². The Kier molecular flexibility index (Phi) is 4.14. The maximum atomic E-state index is 12.4. The number of methoxy groups -OCH3 is 1. The molecule has 3 aromatic rings. The Morgan fingerprint density at radius 3 is 2.67 bits per heavy atom. The number of fused-ring (bicyclic) bond motifs is 1. The van der Waals surface area contributed by atoms with Gasteiger partial charge in [0.25, 0.3) is 11.8 Å². The molecule has 0 atom stereocenters. The van der Waals surface area contributed by atoms with Crippen LogP contribution in [0.5, 0.6) is 5.75 Å². The van der Waals surface area contributed by atoms with E-state index >= 15 is 0 Å². The lowest BCUT2D eigenvalue weighted by molar-refractivity contribution is 0.0977. The molecule has 0 unspecified atom stereocenters. The molecular formula is C17H13ClN2O4. The second-order valence-electron chi connectivity index (χ2n) is 5.00. The van der Waals surface area contributed by atoms with Gasteiger partial charge in [-0.3, -0.25) is 9.59 Å². The van der Waals surface area contributed by atoms with Crippen LogP contribution >= 0.6 is 11.6 Å². The van der Waals surface area contributed by atoms with Crippen molar-refractivity contribution < 1.29 is 18.7 Å². The van der Waals surface area contributed by atoms with Crippen molar-refractivity contribution in [2.24, 2.45) is 5.73 Å². The fourth-order valence-electron chi connectivity index (χ4n) is 2.32. The van der Waals surface area contributed by atoms with Crippen molar-refractivity contribution in [1.82, 2.24) is 0 Å². The summed E-state index contributed by atoms with van der Waals surface area (Å²) in [6.45, 7) is 0. The van der Waals surface area contributed by atoms with E-state index in [0.29, 0.717) is 27.3 Å². The minimum atomic E-state index is -0.786. The van der Waals surface area contributed by atoms with Crippen molar-refractivity contribution >= 4 is 40.1 Å². The van der Waals surface area contributed by atoms with Gasteiger partial charge in [0.15, 0.2) is 0 Å². The van der Waals surface area contributed by atoms with Crippen molar-refractivity contribution in [3.63, 3.8) is 0 Å². The van der Waals surface area contributed by atoms with E-state index in [0.717, 1.165) is 0 Å². The molecule has 6 nitrogen and oxygen atoms in total. The number of anilines is 1. The molecule has 2 aromatic carbocycles. The summed E-state index contributed by atoms with van der Waals surface area (Å²) in [6, 6.07) is 11.4. The van der Waals surface area contributed by atoms with Crippen LogP contribution in [0.2, 0.25) is 5.02 Å². The molecular weight excluding hydrogens is 332 g/mol. The highest BCUT2D eigenvalue weighted by Gasteiger charge is 2.21. The molecule has 0 spiro atoms. The zero-order valence-electron chi connectivity index (χ0n) is 12.6. The lowest BCUT2D eigenvalue weighted by atomic mass is 10.1. The maximum Gasteiger partial charge on any atom is 0.286 e. The van der Waals surface area contributed by atoms with Gasteiger partial charge in [0.1, 0.15) is 17.0 Å². The van der Waals surface area contributed by atoms with E-state index in [1.807, 2.05) is 0 Å². The first-order valence-corrected chi connectivity index (χ1v) is 7.34. The van der Waals surface area contributed by atoms with E-state index in [2.05, 4.69) is 5.32 Å². The molecule has 3 N–H and O–H groups in total. The smallest absolute Gasteiger partial charge is 0.286 e. The standard InChI is InChI=1S/C17H13ClN2O4/c1-23-11-5-6-12-13(8-11)24-15(16(19)21)14(12)20-17(22)9-3-2-4-10(18)7-9/h2-8H,1H3,(H2,19,21)(H,20,22). The van der Waals surface area contributed by atoms with E-state index in [9.17, 15) is 9.59 Å². The molecule has 0 saturated heterocycles. The number of carbonyl (C=O) groups is 2. The number of furan rings is 1. The Morgan fingerprint density at radius 2 is 2.00 bits per heavy atom. The Hall–Kier alpha value is -2.99. The summed E-state index contributed by atoms with van der Waals surface area (Å²) in [4.78, 5) is 24.1. The van der Waals surface area contributed by atoms with Crippen LogP contribution in [0.3, 0.4) is 0 Å². The SMILES string of the molecule is COc1ccc2c(NC(=O)c3cccc(Cl)c3)c(C(N)=O)oc2c1. The van der Waals surface area contributed by atoms with Crippen molar-refractivity contribution in [2.75, 3.05) is 12.4 Å². The Balaban J connectivity index is 2.05. The van der Waals surface area contributed by atoms with E-state index in [1.54, 1.807) is 36.4 Å². The summed E-state index contributed by atoms with van der Waals surface area (Å²) in [5, 5.41) is 3.63. The van der Waals surface area contributed by atoms with Gasteiger partial charge in [-0.05, 0) is 30.3 Å². The van der Waals surface area contributed by atoms with Gasteiger partial charge in [-0.15, -0.1) is 0 Å². The van der Waals surface area contributed by atoms with Gasteiger partial charge in [-0.25, -0.2) is 0 Å². The molecule has 3 rings (SSSR count). The number of nitrogens with two attached hydrogens (primary N) is 1. The number of amides is 2. The van der Waals surface area contributed by atoms with Crippen molar-refractivity contribution in [3.05, 3.63) is 58.8 Å². The van der Waals surface area contributed by atoms with Crippen molar-refractivity contribution in [3.8, 4) is 5.75 Å². The van der Waals surface area contributed by atoms with Gasteiger partial charge in [-0.2, -0.15) is 0 Å². The van der Waals surface area contributed by atoms with Crippen molar-refractivity contribution in [1.29, 1.82) is 0 Å². The highest BCUT2D eigenvalue weighted by molar-refractivity contribution is 6.31. The fourth-order valence-corrected chi connectivity index (χ4v) is 2.51. The molecule has 0 aliphatic heterocycles. The van der Waals surface area contributed by atoms with Gasteiger partial charge in [0, 0.05) is 22.0 Å². The molecule has 0 radical (unpaired) electrons. The number of benzene rings is 2. The second kappa shape index (κ2) is 6.25. The lowest BCUT2D eigenvalue weighted by Gasteiger charge is -2.05. The molecule has 0 fully saturated rings. The van der Waals surface area contributed by atoms with Gasteiger partial charge in [0.2, 0.25) is 5.76 Å². The van der Waals surface area contributed by atoms with Gasteiger partial charge >= 0.3 is 0 Å². The molecule has 1 heterocycles. The minimum Gasteiger partial charge on any atom is -0.497 e. The molecule has 24 heavy (non-hydrogen) atoms. The summed E-state index contributed by atoms with van der Waals surface area (Å²) in [5.41, 5.74) is 6.29.